The zero-order valence-electron chi connectivity index (χ0n) is 14.3. The maximum absolute atomic E-state index is 12.1. The molecule has 0 unspecified atom stereocenters. The SMILES string of the molecule is O=C(/C=C/c1nc2ccccc2s1)Nc1ccc(Oc2ccccc2)cc1. The van der Waals surface area contributed by atoms with Gasteiger partial charge in [0.1, 0.15) is 16.5 Å². The molecule has 5 heteroatoms. The highest BCUT2D eigenvalue weighted by Crippen LogP contribution is 2.23. The van der Waals surface area contributed by atoms with E-state index in [4.69, 9.17) is 4.74 Å². The van der Waals surface area contributed by atoms with Crippen molar-refractivity contribution in [2.75, 3.05) is 5.32 Å². The fourth-order valence-electron chi connectivity index (χ4n) is 2.52. The topological polar surface area (TPSA) is 51.2 Å². The van der Waals surface area contributed by atoms with Gasteiger partial charge in [0, 0.05) is 11.8 Å². The highest BCUT2D eigenvalue weighted by Gasteiger charge is 2.02. The minimum atomic E-state index is -0.203. The molecule has 27 heavy (non-hydrogen) atoms. The minimum absolute atomic E-state index is 0.203. The van der Waals surface area contributed by atoms with Crippen LogP contribution in [-0.4, -0.2) is 10.9 Å². The summed E-state index contributed by atoms with van der Waals surface area (Å²) in [7, 11) is 0. The van der Waals surface area contributed by atoms with Crippen LogP contribution in [0.5, 0.6) is 11.5 Å². The molecule has 4 nitrogen and oxygen atoms in total. The third-order valence-electron chi connectivity index (χ3n) is 3.79. The van der Waals surface area contributed by atoms with Crippen molar-refractivity contribution in [2.45, 2.75) is 0 Å². The van der Waals surface area contributed by atoms with Crippen LogP contribution < -0.4 is 10.1 Å². The number of benzene rings is 3. The summed E-state index contributed by atoms with van der Waals surface area (Å²) in [5.41, 5.74) is 1.64. The minimum Gasteiger partial charge on any atom is -0.457 e. The fourth-order valence-corrected chi connectivity index (χ4v) is 3.39. The van der Waals surface area contributed by atoms with E-state index in [1.807, 2.05) is 78.9 Å². The molecule has 4 rings (SSSR count). The number of para-hydroxylation sites is 2. The second-order valence-electron chi connectivity index (χ2n) is 5.78. The van der Waals surface area contributed by atoms with Gasteiger partial charge in [0.05, 0.1) is 10.2 Å². The molecule has 0 radical (unpaired) electrons. The first-order chi connectivity index (χ1) is 13.3. The first kappa shape index (κ1) is 17.0. The van der Waals surface area contributed by atoms with Crippen molar-refractivity contribution in [3.63, 3.8) is 0 Å². The van der Waals surface area contributed by atoms with Gasteiger partial charge in [-0.25, -0.2) is 4.98 Å². The van der Waals surface area contributed by atoms with E-state index >= 15 is 0 Å². The average molecular weight is 372 g/mol. The molecule has 1 N–H and O–H groups in total. The molecule has 0 aliphatic heterocycles. The molecule has 0 bridgehead atoms. The third-order valence-corrected chi connectivity index (χ3v) is 4.79. The van der Waals surface area contributed by atoms with E-state index in [-0.39, 0.29) is 5.91 Å². The highest BCUT2D eigenvalue weighted by molar-refractivity contribution is 7.19. The Balaban J connectivity index is 1.37. The molecular formula is C22H16N2O2S. The van der Waals surface area contributed by atoms with Crippen LogP contribution in [0, 0.1) is 0 Å². The Morgan fingerprint density at radius 1 is 0.889 bits per heavy atom. The van der Waals surface area contributed by atoms with Crippen LogP contribution in [-0.2, 0) is 4.79 Å². The zero-order valence-corrected chi connectivity index (χ0v) is 15.1. The molecule has 1 heterocycles. The van der Waals surface area contributed by atoms with E-state index in [2.05, 4.69) is 10.3 Å². The number of fused-ring (bicyclic) bond motifs is 1. The number of amides is 1. The number of nitrogens with zero attached hydrogens (tertiary/aromatic N) is 1. The average Bonchev–Trinajstić information content (AvgIpc) is 3.12. The number of carbonyl (C=O) groups is 1. The molecule has 0 aliphatic rings. The van der Waals surface area contributed by atoms with Gasteiger partial charge in [-0.05, 0) is 54.6 Å². The van der Waals surface area contributed by atoms with E-state index in [1.165, 1.54) is 6.08 Å². The molecule has 0 saturated carbocycles. The summed E-state index contributed by atoms with van der Waals surface area (Å²) in [6.07, 6.45) is 3.22. The Labute approximate surface area is 160 Å². The Hall–Kier alpha value is -3.44. The quantitative estimate of drug-likeness (QED) is 0.455. The number of carbonyl (C=O) groups excluding carboxylic acids is 1. The summed E-state index contributed by atoms with van der Waals surface area (Å²) in [5.74, 6) is 1.28. The molecule has 0 atom stereocenters. The van der Waals surface area contributed by atoms with Gasteiger partial charge >= 0.3 is 0 Å². The summed E-state index contributed by atoms with van der Waals surface area (Å²) >= 11 is 1.55. The van der Waals surface area contributed by atoms with Crippen LogP contribution in [0.3, 0.4) is 0 Å². The standard InChI is InChI=1S/C22H16N2O2S/c25-21(14-15-22-24-19-8-4-5-9-20(19)27-22)23-16-10-12-18(13-11-16)26-17-6-2-1-3-7-17/h1-15H,(H,23,25)/b15-14+. The van der Waals surface area contributed by atoms with Crippen LogP contribution in [0.2, 0.25) is 0 Å². The largest absolute Gasteiger partial charge is 0.457 e. The maximum atomic E-state index is 12.1. The summed E-state index contributed by atoms with van der Waals surface area (Å²) in [5, 5.41) is 3.64. The van der Waals surface area contributed by atoms with Crippen molar-refractivity contribution in [2.24, 2.45) is 0 Å². The summed E-state index contributed by atoms with van der Waals surface area (Å²) in [4.78, 5) is 16.6. The predicted molar refractivity (Wildman–Crippen MR) is 110 cm³/mol. The van der Waals surface area contributed by atoms with Gasteiger partial charge in [-0.3, -0.25) is 4.79 Å². The second kappa shape index (κ2) is 7.85. The fraction of sp³-hybridized carbons (Fsp3) is 0. The Morgan fingerprint density at radius 3 is 2.37 bits per heavy atom. The van der Waals surface area contributed by atoms with Crippen LogP contribution in [0.15, 0.2) is 84.9 Å². The van der Waals surface area contributed by atoms with Gasteiger partial charge in [-0.2, -0.15) is 0 Å². The second-order valence-corrected chi connectivity index (χ2v) is 6.84. The molecule has 0 spiro atoms. The van der Waals surface area contributed by atoms with Crippen molar-refractivity contribution in [1.82, 2.24) is 4.98 Å². The number of hydrogen-bond donors (Lipinski definition) is 1. The molecule has 3 aromatic carbocycles. The van der Waals surface area contributed by atoms with Crippen LogP contribution in [0.1, 0.15) is 5.01 Å². The number of hydrogen-bond acceptors (Lipinski definition) is 4. The number of thiazole rings is 1. The normalized spacial score (nSPS) is 11.0. The summed E-state index contributed by atoms with van der Waals surface area (Å²) in [6.45, 7) is 0. The third kappa shape index (κ3) is 4.40. The molecule has 132 valence electrons. The zero-order chi connectivity index (χ0) is 18.5. The van der Waals surface area contributed by atoms with Gasteiger partial charge in [0.2, 0.25) is 5.91 Å². The predicted octanol–water partition coefficient (Wildman–Crippen LogP) is 5.74. The Kier molecular flexibility index (Phi) is 4.94. The lowest BCUT2D eigenvalue weighted by Crippen LogP contribution is -2.07. The monoisotopic (exact) mass is 372 g/mol. The van der Waals surface area contributed by atoms with Crippen LogP contribution >= 0.6 is 11.3 Å². The van der Waals surface area contributed by atoms with Crippen molar-refractivity contribution in [3.05, 3.63) is 89.9 Å². The number of aromatic nitrogens is 1. The van der Waals surface area contributed by atoms with Gasteiger partial charge < -0.3 is 10.1 Å². The number of ether oxygens (including phenoxy) is 1. The van der Waals surface area contributed by atoms with Crippen LogP contribution in [0.25, 0.3) is 16.3 Å². The van der Waals surface area contributed by atoms with E-state index in [9.17, 15) is 4.79 Å². The maximum Gasteiger partial charge on any atom is 0.248 e. The summed E-state index contributed by atoms with van der Waals surface area (Å²) < 4.78 is 6.84. The number of nitrogens with one attached hydrogen (secondary N) is 1. The van der Waals surface area contributed by atoms with Gasteiger partial charge in [0.25, 0.3) is 0 Å². The van der Waals surface area contributed by atoms with E-state index in [0.717, 1.165) is 21.0 Å². The molecule has 1 amide bonds. The summed E-state index contributed by atoms with van der Waals surface area (Å²) in [6, 6.07) is 24.7. The van der Waals surface area contributed by atoms with Gasteiger partial charge in [0.15, 0.2) is 0 Å². The van der Waals surface area contributed by atoms with Crippen LogP contribution in [0.4, 0.5) is 5.69 Å². The van der Waals surface area contributed by atoms with E-state index < -0.39 is 0 Å². The lowest BCUT2D eigenvalue weighted by atomic mass is 10.3. The lowest BCUT2D eigenvalue weighted by Gasteiger charge is -2.07. The lowest BCUT2D eigenvalue weighted by molar-refractivity contribution is -0.111. The smallest absolute Gasteiger partial charge is 0.248 e. The Morgan fingerprint density at radius 2 is 1.59 bits per heavy atom. The Bertz CT molecular complexity index is 1050. The molecule has 1 aromatic heterocycles. The molecule has 4 aromatic rings. The molecule has 0 saturated heterocycles. The van der Waals surface area contributed by atoms with Crippen molar-refractivity contribution in [1.29, 1.82) is 0 Å². The molecular weight excluding hydrogens is 356 g/mol. The molecule has 0 fully saturated rings. The van der Waals surface area contributed by atoms with E-state index in [1.54, 1.807) is 17.4 Å². The highest BCUT2D eigenvalue weighted by atomic mass is 32.1. The van der Waals surface area contributed by atoms with Gasteiger partial charge in [-0.15, -0.1) is 11.3 Å². The molecule has 0 aliphatic carbocycles. The van der Waals surface area contributed by atoms with Crippen molar-refractivity contribution < 1.29 is 9.53 Å². The van der Waals surface area contributed by atoms with Crippen molar-refractivity contribution >= 4 is 39.2 Å². The van der Waals surface area contributed by atoms with Crippen molar-refractivity contribution in [3.8, 4) is 11.5 Å². The number of anilines is 1. The number of rotatable bonds is 5. The van der Waals surface area contributed by atoms with Gasteiger partial charge in [-0.1, -0.05) is 30.3 Å². The first-order valence-corrected chi connectivity index (χ1v) is 9.25. The van der Waals surface area contributed by atoms with E-state index in [0.29, 0.717) is 11.4 Å². The first-order valence-electron chi connectivity index (χ1n) is 8.44.